The lowest BCUT2D eigenvalue weighted by Crippen LogP contribution is -2.56. The van der Waals surface area contributed by atoms with Gasteiger partial charge in [0.15, 0.2) is 5.82 Å². The summed E-state index contributed by atoms with van der Waals surface area (Å²) in [7, 11) is 0. The molecule has 0 spiro atoms. The standard InChI is InChI=1S/C28H43N7O6/c1-5-6-14-22-31-33-35(32-22)19-15-21-23(36)30-28(25(38)39)16-18(28)12-10-8-7-9-11-13-20(24(37)34(21)17-19)29-26(40)41-27(2,3)4/h10,12,18-21H,5-9,11,13-17H2,1-4H3,(H,29,40)(H,30,36)(H,38,39)/b12-10-/t18-,19+,20-,21-,28+/m0/s1. The number of rotatable bonds is 6. The van der Waals surface area contributed by atoms with Crippen LogP contribution >= 0.6 is 0 Å². The molecule has 0 unspecified atom stereocenters. The van der Waals surface area contributed by atoms with Gasteiger partial charge < -0.3 is 25.4 Å². The van der Waals surface area contributed by atoms with Gasteiger partial charge in [0.2, 0.25) is 11.8 Å². The smallest absolute Gasteiger partial charge is 0.408 e. The SMILES string of the molecule is CCCCc1nnn([C@@H]2C[C@H]3C(=O)N[C@]4(C(=O)O)C[C@@H]4/C=C\CCCCC[C@H](NC(=O)OC(C)(C)C)C(=O)N3C2)n1. The number of ether oxygens (including phenoxy) is 1. The van der Waals surface area contributed by atoms with Gasteiger partial charge in [0, 0.05) is 25.3 Å². The zero-order valence-electron chi connectivity index (χ0n) is 24.5. The molecule has 1 aromatic rings. The van der Waals surface area contributed by atoms with Crippen LogP contribution in [0.1, 0.15) is 97.3 Å². The van der Waals surface area contributed by atoms with Gasteiger partial charge in [-0.05, 0) is 58.1 Å². The minimum atomic E-state index is -1.40. The Hall–Kier alpha value is -3.51. The van der Waals surface area contributed by atoms with Gasteiger partial charge in [-0.3, -0.25) is 9.59 Å². The fourth-order valence-corrected chi connectivity index (χ4v) is 5.54. The molecule has 13 heteroatoms. The molecular formula is C28H43N7O6. The van der Waals surface area contributed by atoms with Crippen LogP contribution in [0.4, 0.5) is 4.79 Å². The monoisotopic (exact) mass is 573 g/mol. The summed E-state index contributed by atoms with van der Waals surface area (Å²) in [5.74, 6) is -1.78. The number of nitrogens with one attached hydrogen (secondary N) is 2. The summed E-state index contributed by atoms with van der Waals surface area (Å²) in [6.45, 7) is 7.42. The van der Waals surface area contributed by atoms with E-state index in [1.165, 1.54) is 9.70 Å². The highest BCUT2D eigenvalue weighted by Crippen LogP contribution is 2.45. The van der Waals surface area contributed by atoms with Crippen LogP contribution in [0, 0.1) is 5.92 Å². The number of carboxylic acid groups (broad SMARTS) is 1. The van der Waals surface area contributed by atoms with Gasteiger partial charge in [-0.1, -0.05) is 38.3 Å². The topological polar surface area (TPSA) is 169 Å². The highest BCUT2D eigenvalue weighted by molar-refractivity contribution is 5.96. The van der Waals surface area contributed by atoms with Crippen molar-refractivity contribution in [3.05, 3.63) is 18.0 Å². The molecule has 13 nitrogen and oxygen atoms in total. The Bertz CT molecular complexity index is 1160. The number of carbonyl (C=O) groups excluding carboxylic acids is 3. The van der Waals surface area contributed by atoms with Crippen molar-refractivity contribution in [1.29, 1.82) is 0 Å². The summed E-state index contributed by atoms with van der Waals surface area (Å²) in [5.41, 5.74) is -2.14. The minimum absolute atomic E-state index is 0.121. The number of aromatic nitrogens is 4. The second kappa shape index (κ2) is 12.6. The maximum Gasteiger partial charge on any atom is 0.408 e. The zero-order valence-corrected chi connectivity index (χ0v) is 24.5. The molecule has 3 aliphatic rings. The van der Waals surface area contributed by atoms with Crippen LogP contribution in [0.5, 0.6) is 0 Å². The molecule has 3 N–H and O–H groups in total. The molecular weight excluding hydrogens is 530 g/mol. The molecule has 0 aromatic carbocycles. The first-order valence-electron chi connectivity index (χ1n) is 14.7. The highest BCUT2D eigenvalue weighted by Gasteiger charge is 2.61. The normalized spacial score (nSPS) is 29.8. The number of hydrogen-bond donors (Lipinski definition) is 3. The van der Waals surface area contributed by atoms with Crippen molar-refractivity contribution in [1.82, 2.24) is 35.7 Å². The third-order valence-corrected chi connectivity index (χ3v) is 7.88. The fourth-order valence-electron chi connectivity index (χ4n) is 5.54. The van der Waals surface area contributed by atoms with E-state index in [0.29, 0.717) is 31.5 Å². The van der Waals surface area contributed by atoms with E-state index in [-0.39, 0.29) is 18.9 Å². The third-order valence-electron chi connectivity index (χ3n) is 7.88. The Morgan fingerprint density at radius 2 is 2.02 bits per heavy atom. The van der Waals surface area contributed by atoms with Crippen LogP contribution < -0.4 is 10.6 Å². The van der Waals surface area contributed by atoms with Crippen LogP contribution in [0.25, 0.3) is 0 Å². The average molecular weight is 574 g/mol. The number of tetrazole rings is 1. The first kappa shape index (κ1) is 30.4. The van der Waals surface area contributed by atoms with Crippen molar-refractivity contribution < 1.29 is 29.0 Å². The summed E-state index contributed by atoms with van der Waals surface area (Å²) in [5, 5.41) is 28.3. The van der Waals surface area contributed by atoms with E-state index in [1.807, 2.05) is 12.2 Å². The van der Waals surface area contributed by atoms with Crippen LogP contribution in [0.15, 0.2) is 12.2 Å². The van der Waals surface area contributed by atoms with Gasteiger partial charge in [0.05, 0.1) is 6.04 Å². The van der Waals surface area contributed by atoms with Gasteiger partial charge in [-0.2, -0.15) is 4.80 Å². The average Bonchev–Trinajstić information content (AvgIpc) is 3.22. The molecule has 226 valence electrons. The van der Waals surface area contributed by atoms with Crippen molar-refractivity contribution in [2.45, 2.75) is 121 Å². The van der Waals surface area contributed by atoms with E-state index < -0.39 is 53.1 Å². The molecule has 1 aromatic heterocycles. The van der Waals surface area contributed by atoms with Crippen molar-refractivity contribution in [3.8, 4) is 0 Å². The Morgan fingerprint density at radius 3 is 2.73 bits per heavy atom. The minimum Gasteiger partial charge on any atom is -0.479 e. The van der Waals surface area contributed by atoms with E-state index in [1.54, 1.807) is 20.8 Å². The van der Waals surface area contributed by atoms with E-state index in [2.05, 4.69) is 33.0 Å². The number of aliphatic carboxylic acids is 1. The third kappa shape index (κ3) is 7.42. The van der Waals surface area contributed by atoms with Crippen molar-refractivity contribution in [2.75, 3.05) is 6.54 Å². The predicted octanol–water partition coefficient (Wildman–Crippen LogP) is 2.53. The number of alkyl carbamates (subject to hydrolysis) is 1. The van der Waals surface area contributed by atoms with Crippen molar-refractivity contribution >= 4 is 23.9 Å². The molecule has 1 saturated heterocycles. The summed E-state index contributed by atoms with van der Waals surface area (Å²) in [6.07, 6.45) is 9.69. The van der Waals surface area contributed by atoms with Gasteiger partial charge in [0.25, 0.3) is 0 Å². The van der Waals surface area contributed by atoms with Gasteiger partial charge >= 0.3 is 12.1 Å². The van der Waals surface area contributed by atoms with Crippen molar-refractivity contribution in [3.63, 3.8) is 0 Å². The number of carboxylic acids is 1. The van der Waals surface area contributed by atoms with Crippen LogP contribution in [-0.2, 0) is 25.5 Å². The summed E-state index contributed by atoms with van der Waals surface area (Å²) in [4.78, 5) is 55.5. The number of nitrogens with zero attached hydrogens (tertiary/aromatic N) is 5. The van der Waals surface area contributed by atoms with Crippen LogP contribution in [-0.4, -0.2) is 83.9 Å². The number of hydrogen-bond acceptors (Lipinski definition) is 8. The number of aryl methyl sites for hydroxylation is 1. The summed E-state index contributed by atoms with van der Waals surface area (Å²) in [6, 6.07) is -2.31. The molecule has 1 aliphatic carbocycles. The highest BCUT2D eigenvalue weighted by atomic mass is 16.6. The van der Waals surface area contributed by atoms with E-state index in [4.69, 9.17) is 4.74 Å². The molecule has 2 fully saturated rings. The molecule has 2 aliphatic heterocycles. The lowest BCUT2D eigenvalue weighted by molar-refractivity contribution is -0.145. The summed E-state index contributed by atoms with van der Waals surface area (Å²) >= 11 is 0. The van der Waals surface area contributed by atoms with E-state index in [0.717, 1.165) is 32.1 Å². The Labute approximate surface area is 240 Å². The molecule has 1 saturated carbocycles. The lowest BCUT2D eigenvalue weighted by atomic mass is 10.0. The Morgan fingerprint density at radius 1 is 1.24 bits per heavy atom. The first-order chi connectivity index (χ1) is 19.4. The van der Waals surface area contributed by atoms with Gasteiger partial charge in [0.1, 0.15) is 23.2 Å². The lowest BCUT2D eigenvalue weighted by Gasteiger charge is -2.30. The van der Waals surface area contributed by atoms with Gasteiger partial charge in [-0.15, -0.1) is 10.2 Å². The fraction of sp³-hybridized carbons (Fsp3) is 0.750. The van der Waals surface area contributed by atoms with E-state index >= 15 is 0 Å². The second-order valence-corrected chi connectivity index (χ2v) is 12.4. The molecule has 41 heavy (non-hydrogen) atoms. The quantitative estimate of drug-likeness (QED) is 0.433. The molecule has 0 bridgehead atoms. The van der Waals surface area contributed by atoms with E-state index in [9.17, 15) is 24.3 Å². The number of fused-ring (bicyclic) bond motifs is 2. The molecule has 0 radical (unpaired) electrons. The maximum atomic E-state index is 14.0. The molecule has 4 rings (SSSR count). The summed E-state index contributed by atoms with van der Waals surface area (Å²) < 4.78 is 5.42. The van der Waals surface area contributed by atoms with Gasteiger partial charge in [-0.25, -0.2) is 9.59 Å². The largest absolute Gasteiger partial charge is 0.479 e. The molecule has 5 atom stereocenters. The first-order valence-corrected chi connectivity index (χ1v) is 14.7. The number of allylic oxidation sites excluding steroid dienone is 1. The molecule has 3 amide bonds. The number of carbonyl (C=O) groups is 4. The van der Waals surface area contributed by atoms with Crippen molar-refractivity contribution in [2.24, 2.45) is 5.92 Å². The Kier molecular flexibility index (Phi) is 9.33. The second-order valence-electron chi connectivity index (χ2n) is 12.4. The number of unbranched alkanes of at least 4 members (excludes halogenated alkanes) is 1. The maximum absolute atomic E-state index is 14.0. The zero-order chi connectivity index (χ0) is 29.8. The molecule has 3 heterocycles. The predicted molar refractivity (Wildman–Crippen MR) is 148 cm³/mol. The number of amides is 3. The van der Waals surface area contributed by atoms with Crippen LogP contribution in [0.2, 0.25) is 0 Å². The van der Waals surface area contributed by atoms with Crippen LogP contribution in [0.3, 0.4) is 0 Å². The Balaban J connectivity index is 1.62.